The van der Waals surface area contributed by atoms with E-state index in [0.29, 0.717) is 35.6 Å². The molecule has 0 bridgehead atoms. The summed E-state index contributed by atoms with van der Waals surface area (Å²) in [5.41, 5.74) is 2.41. The molecule has 8 heteroatoms. The Hall–Kier alpha value is -4.20. The molecule has 4 rings (SSSR count). The molecule has 0 atom stereocenters. The average molecular weight is 459 g/mol. The molecule has 0 aliphatic heterocycles. The standard InChI is InChI=1S/C26H26N4O4/c1-17-25(33)23(29(27-17)19-11-5-3-6-12-19)21(31)15-9-10-16-22(32)24-26(34)18(2)28-30(24)20-13-7-4-8-14-20/h3-8,11-14,33-34H,9-10,15-16H2,1-2H3. The minimum atomic E-state index is -0.248. The first-order valence-corrected chi connectivity index (χ1v) is 11.1. The molecule has 34 heavy (non-hydrogen) atoms. The van der Waals surface area contributed by atoms with Crippen LogP contribution in [-0.4, -0.2) is 41.3 Å². The van der Waals surface area contributed by atoms with Crippen LogP contribution in [0.25, 0.3) is 11.4 Å². The Kier molecular flexibility index (Phi) is 6.58. The molecule has 0 radical (unpaired) electrons. The van der Waals surface area contributed by atoms with Gasteiger partial charge in [-0.3, -0.25) is 9.59 Å². The van der Waals surface area contributed by atoms with Crippen LogP contribution in [0.2, 0.25) is 0 Å². The highest BCUT2D eigenvalue weighted by molar-refractivity contribution is 5.99. The summed E-state index contributed by atoms with van der Waals surface area (Å²) in [6.45, 7) is 3.29. The van der Waals surface area contributed by atoms with Crippen LogP contribution < -0.4 is 0 Å². The van der Waals surface area contributed by atoms with Crippen molar-refractivity contribution in [3.8, 4) is 22.9 Å². The van der Waals surface area contributed by atoms with Crippen molar-refractivity contribution in [1.82, 2.24) is 19.6 Å². The molecular formula is C26H26N4O4. The number of aromatic hydroxyl groups is 2. The topological polar surface area (TPSA) is 110 Å². The molecular weight excluding hydrogens is 432 g/mol. The van der Waals surface area contributed by atoms with Crippen molar-refractivity contribution in [1.29, 1.82) is 0 Å². The highest BCUT2D eigenvalue weighted by Crippen LogP contribution is 2.28. The number of para-hydroxylation sites is 2. The number of carbonyl (C=O) groups excluding carboxylic acids is 2. The zero-order valence-electron chi connectivity index (χ0n) is 19.1. The number of carbonyl (C=O) groups is 2. The fourth-order valence-corrected chi connectivity index (χ4v) is 3.86. The predicted octanol–water partition coefficient (Wildman–Crippen LogP) is 4.71. The van der Waals surface area contributed by atoms with E-state index in [1.54, 1.807) is 13.8 Å². The summed E-state index contributed by atoms with van der Waals surface area (Å²) in [6, 6.07) is 18.3. The third kappa shape index (κ3) is 4.47. The van der Waals surface area contributed by atoms with Crippen molar-refractivity contribution in [2.75, 3.05) is 0 Å². The Bertz CT molecular complexity index is 1220. The van der Waals surface area contributed by atoms with Gasteiger partial charge in [-0.2, -0.15) is 10.2 Å². The van der Waals surface area contributed by atoms with E-state index < -0.39 is 0 Å². The zero-order valence-corrected chi connectivity index (χ0v) is 19.1. The molecule has 4 aromatic rings. The smallest absolute Gasteiger partial charge is 0.185 e. The van der Waals surface area contributed by atoms with Gasteiger partial charge in [0.1, 0.15) is 11.4 Å². The Labute approximate surface area is 197 Å². The largest absolute Gasteiger partial charge is 0.504 e. The number of benzene rings is 2. The van der Waals surface area contributed by atoms with Crippen molar-refractivity contribution in [2.24, 2.45) is 0 Å². The molecule has 0 saturated heterocycles. The summed E-state index contributed by atoms with van der Waals surface area (Å²) in [5.74, 6) is -0.751. The summed E-state index contributed by atoms with van der Waals surface area (Å²) in [7, 11) is 0. The minimum Gasteiger partial charge on any atom is -0.504 e. The maximum Gasteiger partial charge on any atom is 0.185 e. The van der Waals surface area contributed by atoms with E-state index in [-0.39, 0.29) is 47.3 Å². The molecule has 0 aliphatic carbocycles. The van der Waals surface area contributed by atoms with Crippen molar-refractivity contribution >= 4 is 11.6 Å². The van der Waals surface area contributed by atoms with Gasteiger partial charge in [-0.1, -0.05) is 36.4 Å². The lowest BCUT2D eigenvalue weighted by atomic mass is 10.0. The Morgan fingerprint density at radius 2 is 1.03 bits per heavy atom. The van der Waals surface area contributed by atoms with Gasteiger partial charge in [0.25, 0.3) is 0 Å². The average Bonchev–Trinajstić information content (AvgIpc) is 3.32. The van der Waals surface area contributed by atoms with Gasteiger partial charge in [-0.15, -0.1) is 0 Å². The van der Waals surface area contributed by atoms with E-state index in [1.165, 1.54) is 9.36 Å². The van der Waals surface area contributed by atoms with Crippen LogP contribution in [0.1, 0.15) is 58.0 Å². The molecule has 2 aromatic heterocycles. The number of ketones is 2. The molecule has 0 saturated carbocycles. The third-order valence-corrected chi connectivity index (χ3v) is 5.65. The highest BCUT2D eigenvalue weighted by Gasteiger charge is 2.24. The van der Waals surface area contributed by atoms with Gasteiger partial charge in [0.05, 0.1) is 11.4 Å². The van der Waals surface area contributed by atoms with Crippen molar-refractivity contribution < 1.29 is 19.8 Å². The van der Waals surface area contributed by atoms with Gasteiger partial charge in [0, 0.05) is 12.8 Å². The number of aromatic nitrogens is 4. The normalized spacial score (nSPS) is 11.0. The SMILES string of the molecule is Cc1nn(-c2ccccc2)c(C(=O)CCCCC(=O)c2c(O)c(C)nn2-c2ccccc2)c1O. The van der Waals surface area contributed by atoms with E-state index in [0.717, 1.165) is 0 Å². The third-order valence-electron chi connectivity index (χ3n) is 5.65. The van der Waals surface area contributed by atoms with Gasteiger partial charge >= 0.3 is 0 Å². The number of nitrogens with zero attached hydrogens (tertiary/aromatic N) is 4. The van der Waals surface area contributed by atoms with E-state index in [2.05, 4.69) is 10.2 Å². The Morgan fingerprint density at radius 3 is 1.38 bits per heavy atom. The summed E-state index contributed by atoms with van der Waals surface area (Å²) in [6.07, 6.45) is 1.20. The summed E-state index contributed by atoms with van der Waals surface area (Å²) in [4.78, 5) is 25.8. The van der Waals surface area contributed by atoms with Crippen LogP contribution in [0.3, 0.4) is 0 Å². The van der Waals surface area contributed by atoms with E-state index in [4.69, 9.17) is 0 Å². The molecule has 2 N–H and O–H groups in total. The van der Waals surface area contributed by atoms with E-state index in [1.807, 2.05) is 60.7 Å². The molecule has 0 spiro atoms. The number of unbranched alkanes of at least 4 members (excludes halogenated alkanes) is 1. The maximum atomic E-state index is 12.9. The molecule has 174 valence electrons. The minimum absolute atomic E-state index is 0.128. The maximum absolute atomic E-state index is 12.9. The van der Waals surface area contributed by atoms with Crippen LogP contribution in [-0.2, 0) is 0 Å². The van der Waals surface area contributed by atoms with Gasteiger partial charge in [-0.05, 0) is 51.0 Å². The molecule has 2 aromatic carbocycles. The number of hydrogen-bond acceptors (Lipinski definition) is 6. The first-order valence-electron chi connectivity index (χ1n) is 11.1. The second kappa shape index (κ2) is 9.74. The van der Waals surface area contributed by atoms with Crippen LogP contribution in [0.4, 0.5) is 0 Å². The molecule has 2 heterocycles. The van der Waals surface area contributed by atoms with Gasteiger partial charge in [-0.25, -0.2) is 9.36 Å². The first kappa shape index (κ1) is 23.0. The van der Waals surface area contributed by atoms with E-state index in [9.17, 15) is 19.8 Å². The van der Waals surface area contributed by atoms with Crippen molar-refractivity contribution in [2.45, 2.75) is 39.5 Å². The van der Waals surface area contributed by atoms with Crippen molar-refractivity contribution in [3.05, 3.63) is 83.4 Å². The fourth-order valence-electron chi connectivity index (χ4n) is 3.86. The summed E-state index contributed by atoms with van der Waals surface area (Å²) in [5, 5.41) is 29.4. The van der Waals surface area contributed by atoms with Crippen LogP contribution in [0, 0.1) is 13.8 Å². The fraction of sp³-hybridized carbons (Fsp3) is 0.231. The zero-order chi connectivity index (χ0) is 24.2. The second-order valence-corrected chi connectivity index (χ2v) is 8.11. The predicted molar refractivity (Wildman–Crippen MR) is 127 cm³/mol. The quantitative estimate of drug-likeness (QED) is 0.278. The number of Topliss-reactive ketones (excluding diaryl/α,β-unsaturated/α-hetero) is 2. The molecule has 0 amide bonds. The summed E-state index contributed by atoms with van der Waals surface area (Å²) < 4.78 is 2.91. The Balaban J connectivity index is 1.43. The number of hydrogen-bond donors (Lipinski definition) is 2. The van der Waals surface area contributed by atoms with Crippen LogP contribution >= 0.6 is 0 Å². The van der Waals surface area contributed by atoms with Gasteiger partial charge in [0.15, 0.2) is 34.5 Å². The number of rotatable bonds is 9. The molecule has 8 nitrogen and oxygen atoms in total. The van der Waals surface area contributed by atoms with Crippen LogP contribution in [0.15, 0.2) is 60.7 Å². The molecule has 0 aliphatic rings. The first-order chi connectivity index (χ1) is 16.4. The monoisotopic (exact) mass is 458 g/mol. The van der Waals surface area contributed by atoms with Gasteiger partial charge in [0.2, 0.25) is 0 Å². The van der Waals surface area contributed by atoms with Crippen LogP contribution in [0.5, 0.6) is 11.5 Å². The Morgan fingerprint density at radius 1 is 0.676 bits per heavy atom. The molecule has 0 fully saturated rings. The lowest BCUT2D eigenvalue weighted by Gasteiger charge is -2.08. The van der Waals surface area contributed by atoms with E-state index >= 15 is 0 Å². The highest BCUT2D eigenvalue weighted by atomic mass is 16.3. The lowest BCUT2D eigenvalue weighted by Crippen LogP contribution is -2.11. The second-order valence-electron chi connectivity index (χ2n) is 8.11. The van der Waals surface area contributed by atoms with Crippen molar-refractivity contribution in [3.63, 3.8) is 0 Å². The lowest BCUT2D eigenvalue weighted by molar-refractivity contribution is 0.0944. The molecule has 0 unspecified atom stereocenters. The summed E-state index contributed by atoms with van der Waals surface area (Å²) >= 11 is 0. The number of aryl methyl sites for hydroxylation is 2. The van der Waals surface area contributed by atoms with Gasteiger partial charge < -0.3 is 10.2 Å².